The quantitative estimate of drug-likeness (QED) is 0.756. The highest BCUT2D eigenvalue weighted by Gasteiger charge is 2.08. The molecule has 0 bridgehead atoms. The van der Waals surface area contributed by atoms with Crippen molar-refractivity contribution in [3.63, 3.8) is 0 Å². The summed E-state index contributed by atoms with van der Waals surface area (Å²) in [4.78, 5) is 23.0. The fourth-order valence-electron chi connectivity index (χ4n) is 2.16. The molecule has 0 aliphatic carbocycles. The SMILES string of the molecule is CCCn1ccn(Cc2cc(C=O)ccc2OC)c1=O. The first-order chi connectivity index (χ1) is 9.69. The summed E-state index contributed by atoms with van der Waals surface area (Å²) >= 11 is 0. The molecule has 0 aliphatic heterocycles. The number of aromatic nitrogens is 2. The summed E-state index contributed by atoms with van der Waals surface area (Å²) in [5.74, 6) is 0.672. The van der Waals surface area contributed by atoms with Crippen molar-refractivity contribution in [1.82, 2.24) is 9.13 Å². The van der Waals surface area contributed by atoms with Gasteiger partial charge in [0.1, 0.15) is 12.0 Å². The number of aldehydes is 1. The molecule has 0 saturated heterocycles. The second-order valence-corrected chi connectivity index (χ2v) is 4.59. The van der Waals surface area contributed by atoms with Crippen LogP contribution in [0, 0.1) is 0 Å². The van der Waals surface area contributed by atoms with E-state index in [2.05, 4.69) is 0 Å². The highest BCUT2D eigenvalue weighted by molar-refractivity contribution is 5.75. The molecule has 0 saturated carbocycles. The Bertz CT molecular complexity index is 655. The number of nitrogens with zero attached hydrogens (tertiary/aromatic N) is 2. The molecule has 2 aromatic rings. The summed E-state index contributed by atoms with van der Waals surface area (Å²) in [5, 5.41) is 0. The maximum absolute atomic E-state index is 12.1. The van der Waals surface area contributed by atoms with Gasteiger partial charge in [-0.15, -0.1) is 0 Å². The third-order valence-corrected chi connectivity index (χ3v) is 3.16. The van der Waals surface area contributed by atoms with Crippen molar-refractivity contribution in [3.05, 3.63) is 52.2 Å². The van der Waals surface area contributed by atoms with Crippen molar-refractivity contribution < 1.29 is 9.53 Å². The Hall–Kier alpha value is -2.30. The average molecular weight is 274 g/mol. The zero-order valence-electron chi connectivity index (χ0n) is 11.7. The Labute approximate surface area is 117 Å². The van der Waals surface area contributed by atoms with Crippen molar-refractivity contribution in [1.29, 1.82) is 0 Å². The summed E-state index contributed by atoms with van der Waals surface area (Å²) in [6, 6.07) is 5.18. The normalized spacial score (nSPS) is 10.5. The van der Waals surface area contributed by atoms with Crippen LogP contribution in [-0.2, 0) is 13.1 Å². The maximum Gasteiger partial charge on any atom is 0.328 e. The molecule has 20 heavy (non-hydrogen) atoms. The number of imidazole rings is 1. The second kappa shape index (κ2) is 6.23. The first kappa shape index (κ1) is 14.1. The minimum atomic E-state index is -0.0505. The van der Waals surface area contributed by atoms with E-state index in [1.807, 2.05) is 6.92 Å². The molecule has 0 unspecified atom stereocenters. The van der Waals surface area contributed by atoms with E-state index in [4.69, 9.17) is 4.74 Å². The van der Waals surface area contributed by atoms with Gasteiger partial charge in [0, 0.05) is 30.1 Å². The van der Waals surface area contributed by atoms with Crippen LogP contribution in [0.5, 0.6) is 5.75 Å². The molecule has 0 fully saturated rings. The van der Waals surface area contributed by atoms with E-state index in [-0.39, 0.29) is 5.69 Å². The molecule has 0 amide bonds. The molecule has 2 rings (SSSR count). The monoisotopic (exact) mass is 274 g/mol. The Morgan fingerprint density at radius 3 is 2.65 bits per heavy atom. The molecule has 1 aromatic carbocycles. The van der Waals surface area contributed by atoms with E-state index in [1.165, 1.54) is 0 Å². The Balaban J connectivity index is 2.34. The lowest BCUT2D eigenvalue weighted by atomic mass is 10.1. The number of carbonyl (C=O) groups excluding carboxylic acids is 1. The Kier molecular flexibility index (Phi) is 4.40. The van der Waals surface area contributed by atoms with Gasteiger partial charge in [-0.05, 0) is 24.6 Å². The largest absolute Gasteiger partial charge is 0.496 e. The third kappa shape index (κ3) is 2.82. The second-order valence-electron chi connectivity index (χ2n) is 4.59. The number of ether oxygens (including phenoxy) is 1. The lowest BCUT2D eigenvalue weighted by Gasteiger charge is -2.09. The summed E-state index contributed by atoms with van der Waals surface area (Å²) in [5.41, 5.74) is 1.33. The fourth-order valence-corrected chi connectivity index (χ4v) is 2.16. The first-order valence-corrected chi connectivity index (χ1v) is 6.57. The number of hydrogen-bond acceptors (Lipinski definition) is 3. The highest BCUT2D eigenvalue weighted by Crippen LogP contribution is 2.20. The average Bonchev–Trinajstić information content (AvgIpc) is 2.81. The lowest BCUT2D eigenvalue weighted by molar-refractivity contribution is 0.112. The van der Waals surface area contributed by atoms with Gasteiger partial charge < -0.3 is 4.74 Å². The van der Waals surface area contributed by atoms with Crippen LogP contribution in [-0.4, -0.2) is 22.5 Å². The fraction of sp³-hybridized carbons (Fsp3) is 0.333. The molecule has 0 atom stereocenters. The number of carbonyl (C=O) groups is 1. The van der Waals surface area contributed by atoms with Gasteiger partial charge in [-0.3, -0.25) is 13.9 Å². The molecular formula is C15H18N2O3. The molecule has 1 aromatic heterocycles. The number of methoxy groups -OCH3 is 1. The van der Waals surface area contributed by atoms with E-state index in [0.717, 1.165) is 18.3 Å². The van der Waals surface area contributed by atoms with Gasteiger partial charge >= 0.3 is 5.69 Å². The van der Waals surface area contributed by atoms with Gasteiger partial charge in [0.05, 0.1) is 13.7 Å². The Morgan fingerprint density at radius 2 is 2.00 bits per heavy atom. The zero-order valence-corrected chi connectivity index (χ0v) is 11.7. The van der Waals surface area contributed by atoms with E-state index < -0.39 is 0 Å². The number of benzene rings is 1. The predicted molar refractivity (Wildman–Crippen MR) is 76.5 cm³/mol. The van der Waals surface area contributed by atoms with Crippen LogP contribution in [0.25, 0.3) is 0 Å². The van der Waals surface area contributed by atoms with E-state index >= 15 is 0 Å². The topological polar surface area (TPSA) is 53.2 Å². The van der Waals surface area contributed by atoms with Gasteiger partial charge in [-0.2, -0.15) is 0 Å². The van der Waals surface area contributed by atoms with Crippen molar-refractivity contribution in [2.75, 3.05) is 7.11 Å². The maximum atomic E-state index is 12.1. The number of aryl methyl sites for hydroxylation is 1. The van der Waals surface area contributed by atoms with E-state index in [1.54, 1.807) is 46.8 Å². The molecule has 5 heteroatoms. The molecule has 1 heterocycles. The van der Waals surface area contributed by atoms with Crippen LogP contribution in [0.3, 0.4) is 0 Å². The van der Waals surface area contributed by atoms with Crippen LogP contribution in [0.1, 0.15) is 29.3 Å². The minimum Gasteiger partial charge on any atom is -0.496 e. The van der Waals surface area contributed by atoms with Crippen molar-refractivity contribution in [3.8, 4) is 5.75 Å². The van der Waals surface area contributed by atoms with Crippen LogP contribution in [0.2, 0.25) is 0 Å². The van der Waals surface area contributed by atoms with Crippen LogP contribution < -0.4 is 10.4 Å². The molecule has 106 valence electrons. The highest BCUT2D eigenvalue weighted by atomic mass is 16.5. The molecule has 0 aliphatic rings. The predicted octanol–water partition coefficient (Wildman–Crippen LogP) is 1.93. The third-order valence-electron chi connectivity index (χ3n) is 3.16. The van der Waals surface area contributed by atoms with Crippen molar-refractivity contribution in [2.24, 2.45) is 0 Å². The standard InChI is InChI=1S/C15H18N2O3/c1-3-6-16-7-8-17(15(16)19)10-13-9-12(11-18)4-5-14(13)20-2/h4-5,7-9,11H,3,6,10H2,1-2H3. The van der Waals surface area contributed by atoms with Gasteiger partial charge in [0.25, 0.3) is 0 Å². The van der Waals surface area contributed by atoms with Crippen LogP contribution >= 0.6 is 0 Å². The number of hydrogen-bond donors (Lipinski definition) is 0. The molecule has 0 spiro atoms. The Morgan fingerprint density at radius 1 is 1.25 bits per heavy atom. The van der Waals surface area contributed by atoms with Crippen LogP contribution in [0.15, 0.2) is 35.4 Å². The van der Waals surface area contributed by atoms with Gasteiger partial charge in [0.2, 0.25) is 0 Å². The van der Waals surface area contributed by atoms with E-state index in [9.17, 15) is 9.59 Å². The van der Waals surface area contributed by atoms with Crippen LogP contribution in [0.4, 0.5) is 0 Å². The smallest absolute Gasteiger partial charge is 0.328 e. The zero-order chi connectivity index (χ0) is 14.5. The summed E-state index contributed by atoms with van der Waals surface area (Å²) < 4.78 is 8.56. The summed E-state index contributed by atoms with van der Waals surface area (Å²) in [6.45, 7) is 3.12. The molecular weight excluding hydrogens is 256 g/mol. The summed E-state index contributed by atoms with van der Waals surface area (Å²) in [7, 11) is 1.57. The molecule has 0 N–H and O–H groups in total. The van der Waals surface area contributed by atoms with E-state index in [0.29, 0.717) is 24.4 Å². The molecule has 5 nitrogen and oxygen atoms in total. The lowest BCUT2D eigenvalue weighted by Crippen LogP contribution is -2.24. The van der Waals surface area contributed by atoms with Crippen molar-refractivity contribution >= 4 is 6.29 Å². The summed E-state index contributed by atoms with van der Waals surface area (Å²) in [6.07, 6.45) is 5.23. The molecule has 0 radical (unpaired) electrons. The van der Waals surface area contributed by atoms with Crippen molar-refractivity contribution in [2.45, 2.75) is 26.4 Å². The first-order valence-electron chi connectivity index (χ1n) is 6.57. The minimum absolute atomic E-state index is 0.0505. The number of rotatable bonds is 6. The van der Waals surface area contributed by atoms with Gasteiger partial charge in [0.15, 0.2) is 0 Å². The van der Waals surface area contributed by atoms with Gasteiger partial charge in [-0.25, -0.2) is 4.79 Å². The van der Waals surface area contributed by atoms with Gasteiger partial charge in [-0.1, -0.05) is 6.92 Å².